The molecule has 0 aliphatic carbocycles. The molecule has 4 rings (SSSR count). The monoisotopic (exact) mass is 441 g/mol. The topological polar surface area (TPSA) is 81.6 Å². The first-order chi connectivity index (χ1) is 15.2. The van der Waals surface area contributed by atoms with Crippen LogP contribution in [-0.4, -0.2) is 45.7 Å². The van der Waals surface area contributed by atoms with Gasteiger partial charge < -0.3 is 20.2 Å². The molecule has 8 heteroatoms. The first-order valence-electron chi connectivity index (χ1n) is 11.3. The van der Waals surface area contributed by atoms with E-state index in [1.807, 2.05) is 0 Å². The zero-order valence-electron chi connectivity index (χ0n) is 19.1. The van der Waals surface area contributed by atoms with Gasteiger partial charge in [0, 0.05) is 37.7 Å². The van der Waals surface area contributed by atoms with Gasteiger partial charge in [-0.1, -0.05) is 32.9 Å². The van der Waals surface area contributed by atoms with Crippen molar-refractivity contribution in [2.75, 3.05) is 29.9 Å². The Morgan fingerprint density at radius 2 is 1.84 bits per heavy atom. The van der Waals surface area contributed by atoms with Gasteiger partial charge in [-0.15, -0.1) is 0 Å². The van der Waals surface area contributed by atoms with E-state index < -0.39 is 6.09 Å². The number of aromatic nitrogens is 2. The molecule has 1 aromatic carbocycles. The molecule has 0 saturated carbocycles. The van der Waals surface area contributed by atoms with E-state index in [1.165, 1.54) is 23.5 Å². The molecule has 0 bridgehead atoms. The molecule has 172 valence electrons. The Morgan fingerprint density at radius 3 is 2.47 bits per heavy atom. The van der Waals surface area contributed by atoms with E-state index in [1.54, 1.807) is 12.1 Å². The molecule has 1 fully saturated rings. The van der Waals surface area contributed by atoms with E-state index in [4.69, 9.17) is 9.97 Å². The number of fused-ring (bicyclic) bond motifs is 1. The van der Waals surface area contributed by atoms with Crippen molar-refractivity contribution in [1.82, 2.24) is 14.9 Å². The van der Waals surface area contributed by atoms with E-state index >= 15 is 0 Å². The Hall–Kier alpha value is -2.90. The summed E-state index contributed by atoms with van der Waals surface area (Å²) in [6, 6.07) is 6.42. The molecule has 1 aromatic heterocycles. The average Bonchev–Trinajstić information content (AvgIpc) is 2.77. The molecule has 1 atom stereocenters. The number of benzene rings is 1. The third kappa shape index (κ3) is 4.79. The number of rotatable bonds is 4. The van der Waals surface area contributed by atoms with Crippen molar-refractivity contribution in [3.05, 3.63) is 46.9 Å². The number of halogens is 1. The smallest absolute Gasteiger partial charge is 0.407 e. The largest absolute Gasteiger partial charge is 0.465 e. The zero-order valence-corrected chi connectivity index (χ0v) is 19.1. The van der Waals surface area contributed by atoms with Gasteiger partial charge in [0.25, 0.3) is 0 Å². The van der Waals surface area contributed by atoms with Gasteiger partial charge in [0.1, 0.15) is 11.6 Å². The van der Waals surface area contributed by atoms with E-state index in [0.29, 0.717) is 19.0 Å². The fraction of sp³-hybridized carbons (Fsp3) is 0.542. The maximum Gasteiger partial charge on any atom is 0.407 e. The van der Waals surface area contributed by atoms with Crippen LogP contribution >= 0.6 is 0 Å². The van der Waals surface area contributed by atoms with Crippen molar-refractivity contribution in [2.24, 2.45) is 5.41 Å². The highest BCUT2D eigenvalue weighted by Gasteiger charge is 2.39. The van der Waals surface area contributed by atoms with E-state index in [9.17, 15) is 14.3 Å². The molecular weight excluding hydrogens is 409 g/mol. The molecule has 1 amide bonds. The number of anilines is 2. The third-order valence-electron chi connectivity index (χ3n) is 6.43. The second-order valence-corrected chi connectivity index (χ2v) is 9.84. The first-order valence-corrected chi connectivity index (χ1v) is 11.3. The number of nitrogens with one attached hydrogen (secondary N) is 1. The first kappa shape index (κ1) is 22.3. The van der Waals surface area contributed by atoms with Gasteiger partial charge in [-0.25, -0.2) is 14.2 Å². The van der Waals surface area contributed by atoms with Crippen LogP contribution in [0.4, 0.5) is 21.0 Å². The van der Waals surface area contributed by atoms with E-state index in [0.717, 1.165) is 48.6 Å². The highest BCUT2D eigenvalue weighted by molar-refractivity contribution is 5.67. The summed E-state index contributed by atoms with van der Waals surface area (Å²) in [6.45, 7) is 9.33. The van der Waals surface area contributed by atoms with Crippen LogP contribution in [0.25, 0.3) is 0 Å². The fourth-order valence-corrected chi connectivity index (χ4v) is 4.56. The summed E-state index contributed by atoms with van der Waals surface area (Å²) in [6.07, 6.45) is 2.48. The normalized spacial score (nSPS) is 18.9. The molecule has 3 heterocycles. The Kier molecular flexibility index (Phi) is 6.22. The average molecular weight is 442 g/mol. The van der Waals surface area contributed by atoms with E-state index in [2.05, 4.69) is 31.0 Å². The van der Waals surface area contributed by atoms with Crippen LogP contribution in [0.5, 0.6) is 0 Å². The van der Waals surface area contributed by atoms with Gasteiger partial charge in [0.2, 0.25) is 5.95 Å². The Labute approximate surface area is 188 Å². The van der Waals surface area contributed by atoms with Crippen LogP contribution in [0.3, 0.4) is 0 Å². The lowest BCUT2D eigenvalue weighted by Crippen LogP contribution is -2.43. The van der Waals surface area contributed by atoms with Gasteiger partial charge in [0.15, 0.2) is 0 Å². The minimum atomic E-state index is -0.927. The van der Waals surface area contributed by atoms with Gasteiger partial charge in [0.05, 0.1) is 12.2 Å². The molecule has 2 aliphatic rings. The number of nitrogens with zero attached hydrogens (tertiary/aromatic N) is 4. The van der Waals surface area contributed by atoms with Crippen LogP contribution in [-0.2, 0) is 13.1 Å². The molecule has 32 heavy (non-hydrogen) atoms. The molecule has 2 N–H and O–H groups in total. The molecule has 0 radical (unpaired) electrons. The second-order valence-electron chi connectivity index (χ2n) is 9.84. The maximum absolute atomic E-state index is 13.3. The summed E-state index contributed by atoms with van der Waals surface area (Å²) in [5.74, 6) is 1.10. The van der Waals surface area contributed by atoms with Crippen molar-refractivity contribution in [3.63, 3.8) is 0 Å². The highest BCUT2D eigenvalue weighted by Crippen LogP contribution is 2.43. The predicted molar refractivity (Wildman–Crippen MR) is 122 cm³/mol. The zero-order chi connectivity index (χ0) is 22.9. The van der Waals surface area contributed by atoms with Gasteiger partial charge >= 0.3 is 6.09 Å². The summed E-state index contributed by atoms with van der Waals surface area (Å²) in [7, 11) is 0. The lowest BCUT2D eigenvalue weighted by Gasteiger charge is -2.40. The minimum Gasteiger partial charge on any atom is -0.465 e. The van der Waals surface area contributed by atoms with Crippen molar-refractivity contribution < 1.29 is 14.3 Å². The molecule has 2 aliphatic heterocycles. The highest BCUT2D eigenvalue weighted by atomic mass is 19.1. The molecule has 2 aromatic rings. The van der Waals surface area contributed by atoms with Gasteiger partial charge in [-0.05, 0) is 42.4 Å². The summed E-state index contributed by atoms with van der Waals surface area (Å²) in [4.78, 5) is 25.3. The molecule has 0 spiro atoms. The summed E-state index contributed by atoms with van der Waals surface area (Å²) in [5, 5.41) is 13.2. The summed E-state index contributed by atoms with van der Waals surface area (Å²) >= 11 is 0. The Morgan fingerprint density at radius 1 is 1.16 bits per heavy atom. The van der Waals surface area contributed by atoms with Crippen molar-refractivity contribution in [2.45, 2.75) is 59.0 Å². The number of hydrogen-bond donors (Lipinski definition) is 2. The maximum atomic E-state index is 13.3. The standard InChI is InChI=1S/C24H32FN5O2/c1-24(2,3)18-14-30(23(31)32)15-19-20(18)21(26-13-16-7-9-17(25)10-8-16)28-22(27-19)29-11-5-4-6-12-29/h7-10,18H,4-6,11-15H2,1-3H3,(H,31,32)(H,26,27,28). The molecular formula is C24H32FN5O2. The number of piperidine rings is 1. The second kappa shape index (κ2) is 8.92. The SMILES string of the molecule is CC(C)(C)C1CN(C(=O)O)Cc2nc(N3CCCCC3)nc(NCc3ccc(F)cc3)c21. The molecule has 1 unspecified atom stereocenters. The van der Waals surface area contributed by atoms with Crippen LogP contribution in [0.1, 0.15) is 62.8 Å². The van der Waals surface area contributed by atoms with Crippen LogP contribution in [0.15, 0.2) is 24.3 Å². The number of carboxylic acid groups (broad SMARTS) is 1. The predicted octanol–water partition coefficient (Wildman–Crippen LogP) is 4.84. The van der Waals surface area contributed by atoms with Crippen LogP contribution in [0, 0.1) is 11.2 Å². The fourth-order valence-electron chi connectivity index (χ4n) is 4.56. The lowest BCUT2D eigenvalue weighted by molar-refractivity contribution is 0.120. The lowest BCUT2D eigenvalue weighted by atomic mass is 9.74. The van der Waals surface area contributed by atoms with Crippen molar-refractivity contribution in [3.8, 4) is 0 Å². The van der Waals surface area contributed by atoms with E-state index in [-0.39, 0.29) is 23.7 Å². The van der Waals surface area contributed by atoms with Gasteiger partial charge in [-0.3, -0.25) is 0 Å². The number of carbonyl (C=O) groups is 1. The van der Waals surface area contributed by atoms with Crippen LogP contribution in [0.2, 0.25) is 0 Å². The molecule has 1 saturated heterocycles. The van der Waals surface area contributed by atoms with Gasteiger partial charge in [-0.2, -0.15) is 4.98 Å². The molecule has 7 nitrogen and oxygen atoms in total. The Bertz CT molecular complexity index is 968. The summed E-state index contributed by atoms with van der Waals surface area (Å²) in [5.41, 5.74) is 2.55. The minimum absolute atomic E-state index is 0.0477. The van der Waals surface area contributed by atoms with Crippen molar-refractivity contribution in [1.29, 1.82) is 0 Å². The third-order valence-corrected chi connectivity index (χ3v) is 6.43. The quantitative estimate of drug-likeness (QED) is 0.707. The number of hydrogen-bond acceptors (Lipinski definition) is 5. The van der Waals surface area contributed by atoms with Crippen molar-refractivity contribution >= 4 is 17.9 Å². The Balaban J connectivity index is 1.75. The number of amides is 1. The van der Waals surface area contributed by atoms with Crippen LogP contribution < -0.4 is 10.2 Å². The summed E-state index contributed by atoms with van der Waals surface area (Å²) < 4.78 is 13.3.